The van der Waals surface area contributed by atoms with Crippen molar-refractivity contribution in [2.45, 2.75) is 37.8 Å². The van der Waals surface area contributed by atoms with Crippen LogP contribution in [-0.2, 0) is 9.59 Å². The zero-order chi connectivity index (χ0) is 12.0. The molecule has 2 saturated heterocycles. The highest BCUT2D eigenvalue weighted by atomic mass is 16.2. The van der Waals surface area contributed by atoms with Crippen LogP contribution in [0.5, 0.6) is 0 Å². The molecule has 0 aromatic rings. The molecule has 2 amide bonds. The van der Waals surface area contributed by atoms with Crippen LogP contribution in [-0.4, -0.2) is 53.3 Å². The second-order valence-corrected chi connectivity index (χ2v) is 5.61. The molecular formula is C12H19N3O2. The molecule has 17 heavy (non-hydrogen) atoms. The Balaban J connectivity index is 1.56. The van der Waals surface area contributed by atoms with Crippen molar-refractivity contribution in [2.24, 2.45) is 11.7 Å². The summed E-state index contributed by atoms with van der Waals surface area (Å²) in [6.45, 7) is 2.21. The summed E-state index contributed by atoms with van der Waals surface area (Å²) in [7, 11) is 0. The van der Waals surface area contributed by atoms with Gasteiger partial charge in [0.15, 0.2) is 0 Å². The van der Waals surface area contributed by atoms with E-state index < -0.39 is 0 Å². The van der Waals surface area contributed by atoms with E-state index in [0.717, 1.165) is 19.4 Å². The molecule has 2 N–H and O–H groups in total. The number of rotatable bonds is 3. The number of likely N-dealkylation sites (tertiary alicyclic amines) is 2. The Morgan fingerprint density at radius 2 is 1.88 bits per heavy atom. The quantitative estimate of drug-likeness (QED) is 0.723. The van der Waals surface area contributed by atoms with Crippen molar-refractivity contribution in [3.8, 4) is 0 Å². The molecule has 0 aromatic heterocycles. The highest BCUT2D eigenvalue weighted by Crippen LogP contribution is 2.33. The zero-order valence-corrected chi connectivity index (χ0v) is 9.97. The average molecular weight is 237 g/mol. The maximum absolute atomic E-state index is 11.8. The summed E-state index contributed by atoms with van der Waals surface area (Å²) in [5.74, 6) is 0.737. The third kappa shape index (κ3) is 2.16. The Labute approximate surface area is 101 Å². The van der Waals surface area contributed by atoms with Crippen LogP contribution in [0.25, 0.3) is 0 Å². The molecule has 2 atom stereocenters. The van der Waals surface area contributed by atoms with Gasteiger partial charge in [0.1, 0.15) is 0 Å². The summed E-state index contributed by atoms with van der Waals surface area (Å²) < 4.78 is 0. The minimum absolute atomic E-state index is 0.0147. The van der Waals surface area contributed by atoms with Gasteiger partial charge in [-0.25, -0.2) is 0 Å². The lowest BCUT2D eigenvalue weighted by Crippen LogP contribution is -2.34. The van der Waals surface area contributed by atoms with Gasteiger partial charge >= 0.3 is 0 Å². The molecule has 2 unspecified atom stereocenters. The van der Waals surface area contributed by atoms with Gasteiger partial charge < -0.3 is 15.5 Å². The molecule has 3 rings (SSSR count). The van der Waals surface area contributed by atoms with E-state index in [-0.39, 0.29) is 17.9 Å². The summed E-state index contributed by atoms with van der Waals surface area (Å²) in [6, 6.07) is 0.489. The third-order valence-corrected chi connectivity index (χ3v) is 3.95. The second kappa shape index (κ2) is 3.98. The summed E-state index contributed by atoms with van der Waals surface area (Å²) in [5.41, 5.74) is 5.76. The van der Waals surface area contributed by atoms with Gasteiger partial charge in [-0.05, 0) is 12.8 Å². The predicted molar refractivity (Wildman–Crippen MR) is 62.0 cm³/mol. The normalized spacial score (nSPS) is 33.9. The molecule has 5 heteroatoms. The van der Waals surface area contributed by atoms with E-state index in [4.69, 9.17) is 5.73 Å². The first-order chi connectivity index (χ1) is 8.13. The van der Waals surface area contributed by atoms with Gasteiger partial charge in [-0.1, -0.05) is 0 Å². The minimum atomic E-state index is -0.0147. The fraction of sp³-hybridized carbons (Fsp3) is 0.833. The van der Waals surface area contributed by atoms with Gasteiger partial charge in [-0.2, -0.15) is 0 Å². The molecule has 1 saturated carbocycles. The largest absolute Gasteiger partial charge is 0.341 e. The van der Waals surface area contributed by atoms with Crippen molar-refractivity contribution in [3.05, 3.63) is 0 Å². The number of carbonyl (C=O) groups excluding carboxylic acids is 2. The Kier molecular flexibility index (Phi) is 2.58. The molecule has 0 aromatic carbocycles. The first-order valence-electron chi connectivity index (χ1n) is 6.46. The Morgan fingerprint density at radius 3 is 2.47 bits per heavy atom. The van der Waals surface area contributed by atoms with Crippen LogP contribution in [0, 0.1) is 5.92 Å². The van der Waals surface area contributed by atoms with E-state index in [1.54, 1.807) is 0 Å². The number of nitrogens with two attached hydrogens (primary N) is 1. The molecule has 2 heterocycles. The lowest BCUT2D eigenvalue weighted by Gasteiger charge is -2.21. The van der Waals surface area contributed by atoms with Crippen LogP contribution in [0.3, 0.4) is 0 Å². The fourth-order valence-corrected chi connectivity index (χ4v) is 2.96. The van der Waals surface area contributed by atoms with E-state index >= 15 is 0 Å². The number of hydrogen-bond donors (Lipinski definition) is 1. The maximum atomic E-state index is 11.8. The zero-order valence-electron chi connectivity index (χ0n) is 9.97. The van der Waals surface area contributed by atoms with Gasteiger partial charge in [0.2, 0.25) is 11.8 Å². The smallest absolute Gasteiger partial charge is 0.224 e. The maximum Gasteiger partial charge on any atom is 0.224 e. The van der Waals surface area contributed by atoms with Crippen molar-refractivity contribution in [3.63, 3.8) is 0 Å². The number of amides is 2. The van der Waals surface area contributed by atoms with Crippen LogP contribution in [0.1, 0.15) is 25.7 Å². The van der Waals surface area contributed by atoms with Crippen LogP contribution in [0.4, 0.5) is 0 Å². The molecule has 3 aliphatic rings. The summed E-state index contributed by atoms with van der Waals surface area (Å²) in [4.78, 5) is 27.3. The molecule has 2 aliphatic heterocycles. The van der Waals surface area contributed by atoms with Gasteiger partial charge in [-0.15, -0.1) is 0 Å². The van der Waals surface area contributed by atoms with Gasteiger partial charge in [0, 0.05) is 50.5 Å². The summed E-state index contributed by atoms with van der Waals surface area (Å²) in [5, 5.41) is 0. The van der Waals surface area contributed by atoms with Crippen LogP contribution >= 0.6 is 0 Å². The second-order valence-electron chi connectivity index (χ2n) is 5.61. The molecule has 5 nitrogen and oxygen atoms in total. The highest BCUT2D eigenvalue weighted by molar-refractivity contribution is 5.81. The average Bonchev–Trinajstić information content (AvgIpc) is 2.96. The number of carbonyl (C=O) groups is 2. The molecule has 3 fully saturated rings. The molecule has 0 spiro atoms. The molecule has 0 radical (unpaired) electrons. The van der Waals surface area contributed by atoms with E-state index in [0.29, 0.717) is 37.9 Å². The highest BCUT2D eigenvalue weighted by Gasteiger charge is 2.40. The molecule has 94 valence electrons. The van der Waals surface area contributed by atoms with Crippen LogP contribution in [0.2, 0.25) is 0 Å². The Bertz CT molecular complexity index is 354. The van der Waals surface area contributed by atoms with E-state index in [2.05, 4.69) is 0 Å². The van der Waals surface area contributed by atoms with Gasteiger partial charge in [-0.3, -0.25) is 9.59 Å². The fourth-order valence-electron chi connectivity index (χ4n) is 2.96. The standard InChI is InChI=1S/C12H19N3O2/c13-9-4-11(16)14(7-9)5-8-3-12(17)15(6-8)10-1-2-10/h8-10H,1-7,13H2. The SMILES string of the molecule is NC1CC(=O)N(CC2CC(=O)N(C3CC3)C2)C1. The van der Waals surface area contributed by atoms with Crippen molar-refractivity contribution >= 4 is 11.8 Å². The minimum Gasteiger partial charge on any atom is -0.341 e. The molecular weight excluding hydrogens is 218 g/mol. The topological polar surface area (TPSA) is 66.6 Å². The number of hydrogen-bond acceptors (Lipinski definition) is 3. The lowest BCUT2D eigenvalue weighted by atomic mass is 10.1. The van der Waals surface area contributed by atoms with Crippen LogP contribution in [0.15, 0.2) is 0 Å². The molecule has 0 bridgehead atoms. The van der Waals surface area contributed by atoms with E-state index in [9.17, 15) is 9.59 Å². The predicted octanol–water partition coefficient (Wildman–Crippen LogP) is -0.443. The first kappa shape index (κ1) is 11.0. The summed E-state index contributed by atoms with van der Waals surface area (Å²) >= 11 is 0. The monoisotopic (exact) mass is 237 g/mol. The Hall–Kier alpha value is -1.10. The molecule has 1 aliphatic carbocycles. The Morgan fingerprint density at radius 1 is 1.12 bits per heavy atom. The van der Waals surface area contributed by atoms with Crippen LogP contribution < -0.4 is 5.73 Å². The van der Waals surface area contributed by atoms with Crippen molar-refractivity contribution in [1.29, 1.82) is 0 Å². The van der Waals surface area contributed by atoms with Gasteiger partial charge in [0.05, 0.1) is 0 Å². The van der Waals surface area contributed by atoms with Crippen molar-refractivity contribution in [2.75, 3.05) is 19.6 Å². The van der Waals surface area contributed by atoms with Crippen molar-refractivity contribution in [1.82, 2.24) is 9.80 Å². The van der Waals surface area contributed by atoms with Gasteiger partial charge in [0.25, 0.3) is 0 Å². The van der Waals surface area contributed by atoms with E-state index in [1.165, 1.54) is 0 Å². The summed E-state index contributed by atoms with van der Waals surface area (Å²) in [6.07, 6.45) is 3.39. The number of nitrogens with zero attached hydrogens (tertiary/aromatic N) is 2. The lowest BCUT2D eigenvalue weighted by molar-refractivity contribution is -0.129. The van der Waals surface area contributed by atoms with E-state index in [1.807, 2.05) is 9.80 Å². The third-order valence-electron chi connectivity index (χ3n) is 3.95. The van der Waals surface area contributed by atoms with Crippen molar-refractivity contribution < 1.29 is 9.59 Å². The first-order valence-corrected chi connectivity index (χ1v) is 6.46.